The van der Waals surface area contributed by atoms with E-state index in [0.29, 0.717) is 18.1 Å². The summed E-state index contributed by atoms with van der Waals surface area (Å²) in [6.07, 6.45) is 2.27. The molecule has 0 saturated carbocycles. The van der Waals surface area contributed by atoms with Gasteiger partial charge in [0.2, 0.25) is 0 Å². The zero-order chi connectivity index (χ0) is 12.3. The van der Waals surface area contributed by atoms with Crippen LogP contribution in [0.2, 0.25) is 0 Å². The Balaban J connectivity index is 0.00000162. The van der Waals surface area contributed by atoms with Crippen LogP contribution in [-0.4, -0.2) is 23.0 Å². The SMILES string of the molecule is CC1CC(NN)CC(C)N1Cc1ccccc1.Cl. The van der Waals surface area contributed by atoms with Gasteiger partial charge < -0.3 is 0 Å². The molecule has 0 aromatic heterocycles. The number of nitrogens with zero attached hydrogens (tertiary/aromatic N) is 1. The van der Waals surface area contributed by atoms with E-state index in [4.69, 9.17) is 5.84 Å². The number of rotatable bonds is 3. The monoisotopic (exact) mass is 269 g/mol. The molecule has 0 spiro atoms. The highest BCUT2D eigenvalue weighted by molar-refractivity contribution is 5.85. The summed E-state index contributed by atoms with van der Waals surface area (Å²) in [4.78, 5) is 2.57. The van der Waals surface area contributed by atoms with E-state index < -0.39 is 0 Å². The zero-order valence-electron chi connectivity index (χ0n) is 11.2. The Bertz CT molecular complexity index is 332. The van der Waals surface area contributed by atoms with Gasteiger partial charge in [0.25, 0.3) is 0 Å². The second-order valence-corrected chi connectivity index (χ2v) is 5.19. The maximum absolute atomic E-state index is 5.56. The molecule has 1 fully saturated rings. The third kappa shape index (κ3) is 3.69. The number of nitrogens with two attached hydrogens (primary N) is 1. The Morgan fingerprint density at radius 3 is 2.22 bits per heavy atom. The number of likely N-dealkylation sites (tertiary alicyclic amines) is 1. The summed E-state index contributed by atoms with van der Waals surface area (Å²) in [5.41, 5.74) is 4.32. The number of piperidine rings is 1. The minimum atomic E-state index is 0. The quantitative estimate of drug-likeness (QED) is 0.654. The Morgan fingerprint density at radius 1 is 1.17 bits per heavy atom. The molecule has 1 aliphatic rings. The number of hydrogen-bond acceptors (Lipinski definition) is 3. The molecular formula is C14H24ClN3. The van der Waals surface area contributed by atoms with Gasteiger partial charge in [0.15, 0.2) is 0 Å². The summed E-state index contributed by atoms with van der Waals surface area (Å²) < 4.78 is 0. The first-order chi connectivity index (χ1) is 8.20. The molecular weight excluding hydrogens is 246 g/mol. The van der Waals surface area contributed by atoms with Gasteiger partial charge in [0, 0.05) is 24.7 Å². The number of hydrogen-bond donors (Lipinski definition) is 2. The molecule has 2 unspecified atom stereocenters. The van der Waals surface area contributed by atoms with Gasteiger partial charge in [0.05, 0.1) is 0 Å². The van der Waals surface area contributed by atoms with Gasteiger partial charge in [-0.25, -0.2) is 0 Å². The molecule has 18 heavy (non-hydrogen) atoms. The minimum Gasteiger partial charge on any atom is -0.294 e. The Morgan fingerprint density at radius 2 is 1.72 bits per heavy atom. The molecule has 1 aromatic rings. The van der Waals surface area contributed by atoms with E-state index in [9.17, 15) is 0 Å². The number of benzene rings is 1. The highest BCUT2D eigenvalue weighted by Crippen LogP contribution is 2.24. The fraction of sp³-hybridized carbons (Fsp3) is 0.571. The van der Waals surface area contributed by atoms with Crippen molar-refractivity contribution in [2.75, 3.05) is 0 Å². The molecule has 2 atom stereocenters. The third-order valence-electron chi connectivity index (χ3n) is 3.83. The van der Waals surface area contributed by atoms with Crippen molar-refractivity contribution in [1.82, 2.24) is 10.3 Å². The third-order valence-corrected chi connectivity index (χ3v) is 3.83. The summed E-state index contributed by atoms with van der Waals surface area (Å²) in [5.74, 6) is 5.56. The molecule has 1 heterocycles. The standard InChI is InChI=1S/C14H23N3.ClH/c1-11-8-14(16-15)9-12(2)17(11)10-13-6-4-3-5-7-13;/h3-7,11-12,14,16H,8-10,15H2,1-2H3;1H. The van der Waals surface area contributed by atoms with Crippen LogP contribution in [0, 0.1) is 0 Å². The van der Waals surface area contributed by atoms with Crippen LogP contribution in [-0.2, 0) is 6.54 Å². The molecule has 0 aliphatic carbocycles. The van der Waals surface area contributed by atoms with Crippen molar-refractivity contribution < 1.29 is 0 Å². The van der Waals surface area contributed by atoms with E-state index >= 15 is 0 Å². The van der Waals surface area contributed by atoms with Crippen LogP contribution in [0.3, 0.4) is 0 Å². The van der Waals surface area contributed by atoms with Gasteiger partial charge in [-0.1, -0.05) is 30.3 Å². The lowest BCUT2D eigenvalue weighted by Gasteiger charge is -2.42. The molecule has 1 aromatic carbocycles. The van der Waals surface area contributed by atoms with E-state index in [1.165, 1.54) is 5.56 Å². The van der Waals surface area contributed by atoms with E-state index in [1.54, 1.807) is 0 Å². The van der Waals surface area contributed by atoms with Crippen molar-refractivity contribution in [3.8, 4) is 0 Å². The predicted molar refractivity (Wildman–Crippen MR) is 78.5 cm³/mol. The van der Waals surface area contributed by atoms with E-state index in [-0.39, 0.29) is 12.4 Å². The van der Waals surface area contributed by atoms with Crippen LogP contribution in [0.15, 0.2) is 30.3 Å². The van der Waals surface area contributed by atoms with Gasteiger partial charge in [-0.3, -0.25) is 16.2 Å². The fourth-order valence-electron chi connectivity index (χ4n) is 2.87. The molecule has 3 N–H and O–H groups in total. The maximum atomic E-state index is 5.56. The zero-order valence-corrected chi connectivity index (χ0v) is 12.0. The molecule has 1 aliphatic heterocycles. The van der Waals surface area contributed by atoms with Crippen molar-refractivity contribution in [2.45, 2.75) is 51.4 Å². The van der Waals surface area contributed by atoms with Crippen LogP contribution in [0.5, 0.6) is 0 Å². The van der Waals surface area contributed by atoms with Crippen LogP contribution < -0.4 is 11.3 Å². The largest absolute Gasteiger partial charge is 0.294 e. The van der Waals surface area contributed by atoms with E-state index in [1.807, 2.05) is 0 Å². The fourth-order valence-corrected chi connectivity index (χ4v) is 2.87. The van der Waals surface area contributed by atoms with Crippen molar-refractivity contribution in [3.63, 3.8) is 0 Å². The predicted octanol–water partition coefficient (Wildman–Crippen LogP) is 2.31. The maximum Gasteiger partial charge on any atom is 0.0240 e. The Hall–Kier alpha value is -0.610. The lowest BCUT2D eigenvalue weighted by atomic mass is 9.92. The minimum absolute atomic E-state index is 0. The first-order valence-electron chi connectivity index (χ1n) is 6.46. The summed E-state index contributed by atoms with van der Waals surface area (Å²) in [5, 5.41) is 0. The lowest BCUT2D eigenvalue weighted by molar-refractivity contribution is 0.0752. The summed E-state index contributed by atoms with van der Waals surface area (Å²) in [7, 11) is 0. The Kier molecular flexibility index (Phi) is 6.09. The molecule has 0 radical (unpaired) electrons. The van der Waals surface area contributed by atoms with E-state index in [0.717, 1.165) is 19.4 Å². The topological polar surface area (TPSA) is 41.3 Å². The second kappa shape index (κ2) is 7.10. The van der Waals surface area contributed by atoms with Crippen LogP contribution in [0.4, 0.5) is 0 Å². The van der Waals surface area contributed by atoms with Gasteiger partial charge >= 0.3 is 0 Å². The molecule has 102 valence electrons. The van der Waals surface area contributed by atoms with Crippen molar-refractivity contribution in [3.05, 3.63) is 35.9 Å². The molecule has 0 amide bonds. The molecule has 1 saturated heterocycles. The molecule has 3 nitrogen and oxygen atoms in total. The number of halogens is 1. The number of hydrazine groups is 1. The molecule has 4 heteroatoms. The van der Waals surface area contributed by atoms with Gasteiger partial charge in [-0.15, -0.1) is 12.4 Å². The van der Waals surface area contributed by atoms with Crippen LogP contribution in [0.1, 0.15) is 32.3 Å². The molecule has 0 bridgehead atoms. The summed E-state index contributed by atoms with van der Waals surface area (Å²) >= 11 is 0. The smallest absolute Gasteiger partial charge is 0.0240 e. The number of nitrogens with one attached hydrogen (secondary N) is 1. The van der Waals surface area contributed by atoms with Gasteiger partial charge in [-0.05, 0) is 32.3 Å². The van der Waals surface area contributed by atoms with E-state index in [2.05, 4.69) is 54.5 Å². The van der Waals surface area contributed by atoms with Gasteiger partial charge in [-0.2, -0.15) is 0 Å². The summed E-state index contributed by atoms with van der Waals surface area (Å²) in [6, 6.07) is 12.3. The average Bonchev–Trinajstić information content (AvgIpc) is 2.35. The highest BCUT2D eigenvalue weighted by Gasteiger charge is 2.29. The van der Waals surface area contributed by atoms with Crippen molar-refractivity contribution in [2.24, 2.45) is 5.84 Å². The first-order valence-corrected chi connectivity index (χ1v) is 6.46. The summed E-state index contributed by atoms with van der Waals surface area (Å²) in [6.45, 7) is 5.63. The Labute approximate surface area is 116 Å². The van der Waals surface area contributed by atoms with Gasteiger partial charge in [0.1, 0.15) is 0 Å². The van der Waals surface area contributed by atoms with Crippen LogP contribution >= 0.6 is 12.4 Å². The van der Waals surface area contributed by atoms with Crippen molar-refractivity contribution >= 4 is 12.4 Å². The average molecular weight is 270 g/mol. The second-order valence-electron chi connectivity index (χ2n) is 5.19. The lowest BCUT2D eigenvalue weighted by Crippen LogP contribution is -2.52. The normalized spacial score (nSPS) is 28.7. The van der Waals surface area contributed by atoms with Crippen LogP contribution in [0.25, 0.3) is 0 Å². The molecule has 2 rings (SSSR count). The highest BCUT2D eigenvalue weighted by atomic mass is 35.5. The first kappa shape index (κ1) is 15.4. The van der Waals surface area contributed by atoms with Crippen molar-refractivity contribution in [1.29, 1.82) is 0 Å².